The van der Waals surface area contributed by atoms with Crippen LogP contribution in [0.4, 0.5) is 0 Å². The van der Waals surface area contributed by atoms with Gasteiger partial charge in [0.2, 0.25) is 5.88 Å². The molecule has 10 heteroatoms. The Hall–Kier alpha value is -1.86. The molecular weight excluding hydrogens is 522 g/mol. The van der Waals surface area contributed by atoms with E-state index in [4.69, 9.17) is 65.5 Å². The highest BCUT2D eigenvalue weighted by atomic mass is 35.5. The van der Waals surface area contributed by atoms with Crippen LogP contribution in [-0.2, 0) is 11.3 Å². The summed E-state index contributed by atoms with van der Waals surface area (Å²) in [5.74, 6) is 1.48. The fraction of sp³-hybridized carbons (Fsp3) is 0.417. The monoisotopic (exact) mass is 548 g/mol. The van der Waals surface area contributed by atoms with Gasteiger partial charge in [-0.2, -0.15) is 0 Å². The highest BCUT2D eigenvalue weighted by Crippen LogP contribution is 2.37. The Morgan fingerprint density at radius 2 is 1.76 bits per heavy atom. The van der Waals surface area contributed by atoms with E-state index in [1.54, 1.807) is 24.5 Å². The van der Waals surface area contributed by atoms with Gasteiger partial charge in [-0.15, -0.1) is 0 Å². The highest BCUT2D eigenvalue weighted by molar-refractivity contribution is 6.55. The molecule has 1 heterocycles. The first-order chi connectivity index (χ1) is 16.4. The molecule has 0 aliphatic carbocycles. The third-order valence-electron chi connectivity index (χ3n) is 4.51. The number of benzene rings is 1. The molecule has 2 aromatic rings. The van der Waals surface area contributed by atoms with Crippen LogP contribution < -0.4 is 14.2 Å². The number of halogens is 4. The Balaban J connectivity index is 1.66. The molecule has 0 bridgehead atoms. The number of hydrogen-bond acceptors (Lipinski definition) is 6. The van der Waals surface area contributed by atoms with E-state index in [-0.39, 0.29) is 17.2 Å². The van der Waals surface area contributed by atoms with E-state index in [1.165, 1.54) is 6.08 Å². The predicted octanol–water partition coefficient (Wildman–Crippen LogP) is 7.67. The van der Waals surface area contributed by atoms with Gasteiger partial charge in [0.15, 0.2) is 5.75 Å². The minimum atomic E-state index is 0.120. The average Bonchev–Trinajstić information content (AvgIpc) is 2.80. The van der Waals surface area contributed by atoms with Crippen LogP contribution in [0.1, 0.15) is 38.7 Å². The van der Waals surface area contributed by atoms with Gasteiger partial charge in [-0.3, -0.25) is 0 Å². The van der Waals surface area contributed by atoms with Crippen molar-refractivity contribution < 1.29 is 19.0 Å². The maximum absolute atomic E-state index is 6.26. The Bertz CT molecular complexity index is 912. The highest BCUT2D eigenvalue weighted by Gasteiger charge is 2.10. The molecule has 0 aliphatic rings. The molecule has 186 valence electrons. The van der Waals surface area contributed by atoms with Crippen LogP contribution in [0, 0.1) is 0 Å². The molecular formula is C24H28Cl4N2O4. The van der Waals surface area contributed by atoms with Crippen molar-refractivity contribution in [1.82, 2.24) is 4.98 Å². The molecule has 0 aliphatic heterocycles. The largest absolute Gasteiger partial charge is 0.490 e. The summed E-state index contributed by atoms with van der Waals surface area (Å²) in [4.78, 5) is 9.59. The number of unbranched alkanes of at least 4 members (excludes halogenated alkanes) is 1. The van der Waals surface area contributed by atoms with E-state index in [0.29, 0.717) is 47.1 Å². The second-order valence-electron chi connectivity index (χ2n) is 7.25. The second-order valence-corrected chi connectivity index (χ2v) is 9.07. The maximum Gasteiger partial charge on any atom is 0.213 e. The van der Waals surface area contributed by atoms with Gasteiger partial charge in [-0.05, 0) is 37.8 Å². The SMILES string of the molecule is CCC(C)O/N=C/Cc1ccc(OCCCCOc2c(Cl)cc(OCC=C(Cl)Cl)cc2Cl)nc1. The standard InChI is InChI=1S/C24H28Cl4N2O4/c1-3-17(2)34-30-10-8-18-6-7-23(29-16-18)32-11-4-5-12-33-24-20(25)14-19(15-21(24)26)31-13-9-22(27)28/h6-7,9-10,14-17H,3-5,8,11-13H2,1-2H3/b30-10+. The summed E-state index contributed by atoms with van der Waals surface area (Å²) in [7, 11) is 0. The summed E-state index contributed by atoms with van der Waals surface area (Å²) in [5, 5.41) is 4.69. The molecule has 0 N–H and O–H groups in total. The fourth-order valence-corrected chi connectivity index (χ4v) is 3.20. The van der Waals surface area contributed by atoms with Gasteiger partial charge in [0.25, 0.3) is 0 Å². The van der Waals surface area contributed by atoms with E-state index in [2.05, 4.69) is 17.1 Å². The number of nitrogens with zero attached hydrogens (tertiary/aromatic N) is 2. The minimum absolute atomic E-state index is 0.120. The van der Waals surface area contributed by atoms with Gasteiger partial charge in [0.05, 0.1) is 23.3 Å². The molecule has 1 atom stereocenters. The number of oxime groups is 1. The molecule has 0 saturated heterocycles. The molecule has 1 unspecified atom stereocenters. The molecule has 1 aromatic carbocycles. The summed E-state index contributed by atoms with van der Waals surface area (Å²) >= 11 is 23.6. The molecule has 0 radical (unpaired) electrons. The zero-order chi connectivity index (χ0) is 24.8. The Morgan fingerprint density at radius 1 is 1.06 bits per heavy atom. The first kappa shape index (κ1) is 28.4. The van der Waals surface area contributed by atoms with Crippen molar-refractivity contribution in [3.63, 3.8) is 0 Å². The Labute approximate surface area is 220 Å². The van der Waals surface area contributed by atoms with Crippen LogP contribution in [0.2, 0.25) is 10.0 Å². The minimum Gasteiger partial charge on any atom is -0.490 e. The lowest BCUT2D eigenvalue weighted by Gasteiger charge is -2.12. The lowest BCUT2D eigenvalue weighted by Crippen LogP contribution is -2.04. The van der Waals surface area contributed by atoms with Crippen molar-refractivity contribution in [2.75, 3.05) is 19.8 Å². The molecule has 0 fully saturated rings. The van der Waals surface area contributed by atoms with Crippen LogP contribution in [-0.4, -0.2) is 37.1 Å². The van der Waals surface area contributed by atoms with Crippen molar-refractivity contribution in [2.24, 2.45) is 5.16 Å². The van der Waals surface area contributed by atoms with E-state index >= 15 is 0 Å². The lowest BCUT2D eigenvalue weighted by molar-refractivity contribution is 0.0708. The topological polar surface area (TPSA) is 62.2 Å². The van der Waals surface area contributed by atoms with E-state index in [1.807, 2.05) is 19.1 Å². The maximum atomic E-state index is 6.26. The Morgan fingerprint density at radius 3 is 2.38 bits per heavy atom. The lowest BCUT2D eigenvalue weighted by atomic mass is 10.2. The van der Waals surface area contributed by atoms with Gasteiger partial charge in [0, 0.05) is 37.0 Å². The van der Waals surface area contributed by atoms with Gasteiger partial charge in [-0.25, -0.2) is 4.98 Å². The van der Waals surface area contributed by atoms with Crippen LogP contribution >= 0.6 is 46.4 Å². The van der Waals surface area contributed by atoms with Crippen LogP contribution in [0.15, 0.2) is 46.2 Å². The number of ether oxygens (including phenoxy) is 3. The zero-order valence-electron chi connectivity index (χ0n) is 19.1. The van der Waals surface area contributed by atoms with Crippen molar-refractivity contribution in [3.8, 4) is 17.4 Å². The smallest absolute Gasteiger partial charge is 0.213 e. The van der Waals surface area contributed by atoms with E-state index in [9.17, 15) is 0 Å². The van der Waals surface area contributed by atoms with Crippen LogP contribution in [0.25, 0.3) is 0 Å². The zero-order valence-corrected chi connectivity index (χ0v) is 22.1. The summed E-state index contributed by atoms with van der Waals surface area (Å²) in [6, 6.07) is 7.05. The van der Waals surface area contributed by atoms with E-state index in [0.717, 1.165) is 24.8 Å². The molecule has 6 nitrogen and oxygen atoms in total. The van der Waals surface area contributed by atoms with Crippen molar-refractivity contribution in [2.45, 2.75) is 45.6 Å². The predicted molar refractivity (Wildman–Crippen MR) is 139 cm³/mol. The number of aromatic nitrogens is 1. The number of rotatable bonds is 15. The second kappa shape index (κ2) is 15.9. The third-order valence-corrected chi connectivity index (χ3v) is 5.38. The number of pyridine rings is 1. The van der Waals surface area contributed by atoms with Crippen molar-refractivity contribution in [3.05, 3.63) is 56.6 Å². The fourth-order valence-electron chi connectivity index (χ4n) is 2.50. The van der Waals surface area contributed by atoms with E-state index < -0.39 is 0 Å². The molecule has 2 rings (SSSR count). The molecule has 1 aromatic heterocycles. The van der Waals surface area contributed by atoms with Gasteiger partial charge in [-0.1, -0.05) is 64.5 Å². The van der Waals surface area contributed by atoms with Gasteiger partial charge >= 0.3 is 0 Å². The van der Waals surface area contributed by atoms with Crippen molar-refractivity contribution in [1.29, 1.82) is 0 Å². The average molecular weight is 550 g/mol. The first-order valence-electron chi connectivity index (χ1n) is 10.9. The van der Waals surface area contributed by atoms with Crippen molar-refractivity contribution >= 4 is 52.6 Å². The molecule has 34 heavy (non-hydrogen) atoms. The Kier molecular flexibility index (Phi) is 13.3. The molecule has 0 saturated carbocycles. The molecule has 0 amide bonds. The number of hydrogen-bond donors (Lipinski definition) is 0. The van der Waals surface area contributed by atoms with Crippen LogP contribution in [0.3, 0.4) is 0 Å². The normalized spacial score (nSPS) is 11.8. The summed E-state index contributed by atoms with van der Waals surface area (Å²) in [5.41, 5.74) is 1.03. The first-order valence-corrected chi connectivity index (χ1v) is 12.4. The van der Waals surface area contributed by atoms with Gasteiger partial charge < -0.3 is 19.0 Å². The third kappa shape index (κ3) is 11.0. The summed E-state index contributed by atoms with van der Waals surface area (Å²) in [6.45, 7) is 5.20. The molecule has 0 spiro atoms. The summed E-state index contributed by atoms with van der Waals surface area (Å²) in [6.07, 6.45) is 8.25. The van der Waals surface area contributed by atoms with Crippen LogP contribution in [0.5, 0.6) is 17.4 Å². The van der Waals surface area contributed by atoms with Gasteiger partial charge in [0.1, 0.15) is 23.0 Å². The quantitative estimate of drug-likeness (QED) is 0.129. The summed E-state index contributed by atoms with van der Waals surface area (Å²) < 4.78 is 17.0.